The second-order valence-corrected chi connectivity index (χ2v) is 6.25. The summed E-state index contributed by atoms with van der Waals surface area (Å²) in [7, 11) is 0. The number of benzene rings is 2. The summed E-state index contributed by atoms with van der Waals surface area (Å²) < 4.78 is 1.50. The molecule has 0 aliphatic rings. The zero-order chi connectivity index (χ0) is 14.7. The molecule has 0 aliphatic carbocycles. The van der Waals surface area contributed by atoms with Crippen molar-refractivity contribution in [3.05, 3.63) is 67.6 Å². The molecule has 100 valence electrons. The molecule has 0 aromatic heterocycles. The molecule has 1 unspecified atom stereocenters. The van der Waals surface area contributed by atoms with Gasteiger partial charge in [-0.15, -0.1) is 0 Å². The predicted molar refractivity (Wildman–Crippen MR) is 86.0 cm³/mol. The van der Waals surface area contributed by atoms with Crippen LogP contribution in [0.15, 0.2) is 51.4 Å². The molecule has 0 N–H and O–H groups in total. The Balaban J connectivity index is 2.45. The van der Waals surface area contributed by atoms with E-state index in [1.165, 1.54) is 0 Å². The first-order valence-corrected chi connectivity index (χ1v) is 7.64. The van der Waals surface area contributed by atoms with E-state index < -0.39 is 5.92 Å². The lowest BCUT2D eigenvalue weighted by atomic mass is 9.92. The van der Waals surface area contributed by atoms with Crippen LogP contribution in [0.2, 0.25) is 5.02 Å². The molecular weight excluding hydrogens is 405 g/mol. The normalized spacial score (nSPS) is 11.7. The number of ketones is 1. The van der Waals surface area contributed by atoms with Gasteiger partial charge in [0.05, 0.1) is 6.07 Å². The maximum Gasteiger partial charge on any atom is 0.185 e. The molecule has 0 aliphatic heterocycles. The van der Waals surface area contributed by atoms with Gasteiger partial charge in [-0.1, -0.05) is 61.7 Å². The van der Waals surface area contributed by atoms with Crippen LogP contribution in [-0.2, 0) is 0 Å². The van der Waals surface area contributed by atoms with Gasteiger partial charge in [0, 0.05) is 19.5 Å². The van der Waals surface area contributed by atoms with E-state index in [1.807, 2.05) is 6.07 Å². The number of Topliss-reactive ketones (excluding diaryl/α,β-unsaturated/α-hetero) is 1. The van der Waals surface area contributed by atoms with Gasteiger partial charge in [-0.05, 0) is 29.8 Å². The van der Waals surface area contributed by atoms with E-state index in [-0.39, 0.29) is 5.78 Å². The van der Waals surface area contributed by atoms with Gasteiger partial charge < -0.3 is 0 Å². The van der Waals surface area contributed by atoms with Crippen LogP contribution in [0.4, 0.5) is 0 Å². The first-order chi connectivity index (χ1) is 9.54. The monoisotopic (exact) mass is 411 g/mol. The van der Waals surface area contributed by atoms with Crippen LogP contribution < -0.4 is 0 Å². The minimum atomic E-state index is -0.916. The topological polar surface area (TPSA) is 40.9 Å². The Morgan fingerprint density at radius 1 is 1.20 bits per heavy atom. The fourth-order valence-electron chi connectivity index (χ4n) is 1.82. The molecular formula is C15H8Br2ClNO. The average Bonchev–Trinajstić information content (AvgIpc) is 2.41. The summed E-state index contributed by atoms with van der Waals surface area (Å²) in [5.74, 6) is -1.19. The summed E-state index contributed by atoms with van der Waals surface area (Å²) in [6.45, 7) is 0. The molecule has 2 aromatic rings. The van der Waals surface area contributed by atoms with E-state index in [4.69, 9.17) is 11.6 Å². The second kappa shape index (κ2) is 6.53. The van der Waals surface area contributed by atoms with Gasteiger partial charge >= 0.3 is 0 Å². The van der Waals surface area contributed by atoms with Crippen LogP contribution in [0, 0.1) is 11.3 Å². The lowest BCUT2D eigenvalue weighted by Crippen LogP contribution is -2.12. The highest BCUT2D eigenvalue weighted by molar-refractivity contribution is 9.11. The van der Waals surface area contributed by atoms with Gasteiger partial charge in [-0.25, -0.2) is 0 Å². The lowest BCUT2D eigenvalue weighted by Gasteiger charge is -2.11. The second-order valence-electron chi connectivity index (χ2n) is 4.07. The van der Waals surface area contributed by atoms with Gasteiger partial charge in [-0.3, -0.25) is 4.79 Å². The smallest absolute Gasteiger partial charge is 0.185 e. The molecule has 5 heteroatoms. The molecule has 2 nitrogen and oxygen atoms in total. The van der Waals surface area contributed by atoms with Crippen molar-refractivity contribution in [1.29, 1.82) is 5.26 Å². The van der Waals surface area contributed by atoms with Gasteiger partial charge in [0.1, 0.15) is 5.92 Å². The largest absolute Gasteiger partial charge is 0.292 e. The van der Waals surface area contributed by atoms with E-state index in [9.17, 15) is 10.1 Å². The van der Waals surface area contributed by atoms with Crippen LogP contribution in [0.25, 0.3) is 0 Å². The standard InChI is InChI=1S/C15H8Br2ClNO/c16-9-5-6-11(13(17)7-9)15(20)12(8-19)10-3-1-2-4-14(10)18/h1-7,12H. The third kappa shape index (κ3) is 3.12. The number of nitrogens with zero attached hydrogens (tertiary/aromatic N) is 1. The molecule has 0 amide bonds. The Morgan fingerprint density at radius 3 is 2.50 bits per heavy atom. The minimum absolute atomic E-state index is 0.278. The van der Waals surface area contributed by atoms with Crippen molar-refractivity contribution < 1.29 is 4.79 Å². The molecule has 0 spiro atoms. The molecule has 0 saturated carbocycles. The fourth-order valence-corrected chi connectivity index (χ4v) is 3.31. The molecule has 0 fully saturated rings. The Labute approximate surface area is 138 Å². The molecule has 0 heterocycles. The van der Waals surface area contributed by atoms with Crippen LogP contribution >= 0.6 is 43.5 Å². The fraction of sp³-hybridized carbons (Fsp3) is 0.0667. The van der Waals surface area contributed by atoms with E-state index in [2.05, 4.69) is 31.9 Å². The van der Waals surface area contributed by atoms with Crippen LogP contribution in [0.3, 0.4) is 0 Å². The molecule has 0 bridgehead atoms. The maximum absolute atomic E-state index is 12.5. The molecule has 20 heavy (non-hydrogen) atoms. The van der Waals surface area contributed by atoms with E-state index in [0.29, 0.717) is 20.6 Å². The zero-order valence-electron chi connectivity index (χ0n) is 10.1. The molecule has 0 saturated heterocycles. The number of hydrogen-bond donors (Lipinski definition) is 0. The number of carbonyl (C=O) groups excluding carboxylic acids is 1. The summed E-state index contributed by atoms with van der Waals surface area (Å²) in [6, 6.07) is 14.1. The van der Waals surface area contributed by atoms with E-state index in [0.717, 1.165) is 4.47 Å². The number of rotatable bonds is 3. The van der Waals surface area contributed by atoms with Crippen molar-refractivity contribution in [3.63, 3.8) is 0 Å². The predicted octanol–water partition coefficient (Wildman–Crippen LogP) is 5.36. The van der Waals surface area contributed by atoms with Crippen LogP contribution in [-0.4, -0.2) is 5.78 Å². The summed E-state index contributed by atoms with van der Waals surface area (Å²) in [5.41, 5.74) is 0.983. The maximum atomic E-state index is 12.5. The molecule has 2 aromatic carbocycles. The Bertz CT molecular complexity index is 709. The highest BCUT2D eigenvalue weighted by Crippen LogP contribution is 2.30. The van der Waals surface area contributed by atoms with Crippen molar-refractivity contribution in [2.45, 2.75) is 5.92 Å². The van der Waals surface area contributed by atoms with Crippen LogP contribution in [0.1, 0.15) is 21.8 Å². The lowest BCUT2D eigenvalue weighted by molar-refractivity contribution is 0.0978. The van der Waals surface area contributed by atoms with Crippen molar-refractivity contribution in [2.75, 3.05) is 0 Å². The first kappa shape index (κ1) is 15.2. The molecule has 1 atom stereocenters. The van der Waals surface area contributed by atoms with Gasteiger partial charge in [0.15, 0.2) is 5.78 Å². The molecule has 2 rings (SSSR count). The van der Waals surface area contributed by atoms with E-state index in [1.54, 1.807) is 42.5 Å². The van der Waals surface area contributed by atoms with Crippen molar-refractivity contribution in [1.82, 2.24) is 0 Å². The highest BCUT2D eigenvalue weighted by Gasteiger charge is 2.25. The third-order valence-corrected chi connectivity index (χ3v) is 4.30. The Kier molecular flexibility index (Phi) is 4.98. The molecule has 0 radical (unpaired) electrons. The summed E-state index contributed by atoms with van der Waals surface area (Å²) in [4.78, 5) is 12.5. The highest BCUT2D eigenvalue weighted by atomic mass is 79.9. The number of halogens is 3. The summed E-state index contributed by atoms with van der Waals surface area (Å²) in [5, 5.41) is 9.74. The van der Waals surface area contributed by atoms with Crippen molar-refractivity contribution >= 4 is 49.2 Å². The average molecular weight is 413 g/mol. The van der Waals surface area contributed by atoms with Crippen molar-refractivity contribution in [3.8, 4) is 6.07 Å². The number of hydrogen-bond acceptors (Lipinski definition) is 2. The Morgan fingerprint density at radius 2 is 1.90 bits per heavy atom. The van der Waals surface area contributed by atoms with Crippen molar-refractivity contribution in [2.24, 2.45) is 0 Å². The number of nitriles is 1. The minimum Gasteiger partial charge on any atom is -0.292 e. The quantitative estimate of drug-likeness (QED) is 0.636. The van der Waals surface area contributed by atoms with Gasteiger partial charge in [0.2, 0.25) is 0 Å². The third-order valence-electron chi connectivity index (χ3n) is 2.80. The SMILES string of the molecule is N#CC(C(=O)c1ccc(Br)cc1Br)c1ccccc1Cl. The number of carbonyl (C=O) groups is 1. The summed E-state index contributed by atoms with van der Waals surface area (Å²) in [6.07, 6.45) is 0. The first-order valence-electron chi connectivity index (χ1n) is 5.68. The zero-order valence-corrected chi connectivity index (χ0v) is 14.0. The van der Waals surface area contributed by atoms with Gasteiger partial charge in [0.25, 0.3) is 0 Å². The Hall–Kier alpha value is -1.15. The van der Waals surface area contributed by atoms with Crippen LogP contribution in [0.5, 0.6) is 0 Å². The van der Waals surface area contributed by atoms with Gasteiger partial charge in [-0.2, -0.15) is 5.26 Å². The van der Waals surface area contributed by atoms with E-state index >= 15 is 0 Å². The summed E-state index contributed by atoms with van der Waals surface area (Å²) >= 11 is 12.7.